The summed E-state index contributed by atoms with van der Waals surface area (Å²) < 4.78 is 1.39. The van der Waals surface area contributed by atoms with E-state index in [1.54, 1.807) is 18.2 Å². The molecule has 0 saturated carbocycles. The number of nitrogens with zero attached hydrogens (tertiary/aromatic N) is 6. The first-order chi connectivity index (χ1) is 13.6. The summed E-state index contributed by atoms with van der Waals surface area (Å²) in [5, 5.41) is 8.88. The van der Waals surface area contributed by atoms with Gasteiger partial charge in [-0.15, -0.1) is 5.10 Å². The molecule has 1 saturated heterocycles. The van der Waals surface area contributed by atoms with Crippen LogP contribution in [0.5, 0.6) is 0 Å². The molecular formula is C20H22N6O2. The molecule has 28 heavy (non-hydrogen) atoms. The van der Waals surface area contributed by atoms with Crippen LogP contribution >= 0.6 is 0 Å². The molecule has 0 N–H and O–H groups in total. The summed E-state index contributed by atoms with van der Waals surface area (Å²) in [4.78, 5) is 33.6. The minimum atomic E-state index is -0.190. The smallest absolute Gasteiger partial charge is 0.261 e. The summed E-state index contributed by atoms with van der Waals surface area (Å²) in [6.07, 6.45) is 2.29. The van der Waals surface area contributed by atoms with Crippen molar-refractivity contribution in [2.75, 3.05) is 31.1 Å². The predicted octanol–water partition coefficient (Wildman–Crippen LogP) is 1.23. The maximum atomic E-state index is 12.8. The first-order valence-electron chi connectivity index (χ1n) is 9.39. The first-order valence-corrected chi connectivity index (χ1v) is 9.39. The number of hydrogen-bond donors (Lipinski definition) is 0. The van der Waals surface area contributed by atoms with Crippen molar-refractivity contribution in [2.24, 2.45) is 0 Å². The molecule has 4 rings (SSSR count). The van der Waals surface area contributed by atoms with Gasteiger partial charge < -0.3 is 9.80 Å². The molecule has 1 aliphatic rings. The van der Waals surface area contributed by atoms with Crippen LogP contribution in [0.1, 0.15) is 12.1 Å². The largest absolute Gasteiger partial charge is 0.353 e. The molecule has 8 heteroatoms. The predicted molar refractivity (Wildman–Crippen MR) is 106 cm³/mol. The number of fused-ring (bicyclic) bond motifs is 1. The Morgan fingerprint density at radius 2 is 1.89 bits per heavy atom. The Morgan fingerprint density at radius 1 is 1.04 bits per heavy atom. The summed E-state index contributed by atoms with van der Waals surface area (Å²) in [5.41, 5.74) is 1.33. The van der Waals surface area contributed by atoms with E-state index in [2.05, 4.69) is 20.1 Å². The van der Waals surface area contributed by atoms with Crippen LogP contribution in [-0.2, 0) is 11.3 Å². The summed E-state index contributed by atoms with van der Waals surface area (Å²) in [6.45, 7) is 4.66. The fraction of sp³-hybridized carbons (Fsp3) is 0.350. The van der Waals surface area contributed by atoms with Gasteiger partial charge in [0, 0.05) is 26.2 Å². The Kier molecular flexibility index (Phi) is 5.01. The van der Waals surface area contributed by atoms with E-state index in [9.17, 15) is 9.59 Å². The van der Waals surface area contributed by atoms with Gasteiger partial charge in [-0.2, -0.15) is 5.10 Å². The summed E-state index contributed by atoms with van der Waals surface area (Å²) in [6, 6.07) is 11.1. The van der Waals surface area contributed by atoms with Crippen LogP contribution < -0.4 is 10.5 Å². The van der Waals surface area contributed by atoms with Crippen LogP contribution in [0.3, 0.4) is 0 Å². The first kappa shape index (κ1) is 18.1. The minimum absolute atomic E-state index is 0.000997. The van der Waals surface area contributed by atoms with Crippen molar-refractivity contribution < 1.29 is 4.79 Å². The van der Waals surface area contributed by atoms with Crippen molar-refractivity contribution in [2.45, 2.75) is 19.9 Å². The number of hydrogen-bond acceptors (Lipinski definition) is 6. The second kappa shape index (κ2) is 7.75. The maximum Gasteiger partial charge on any atom is 0.261 e. The number of aromatic nitrogens is 4. The molecule has 0 unspecified atom stereocenters. The number of carbonyl (C=O) groups excluding carboxylic acids is 1. The molecule has 0 aliphatic carbocycles. The SMILES string of the molecule is Cc1ccc(N2CCCN(C(=O)Cn3cnc4ccccc4c3=O)CC2)nn1. The Balaban J connectivity index is 1.45. The average Bonchev–Trinajstić information content (AvgIpc) is 2.97. The lowest BCUT2D eigenvalue weighted by Crippen LogP contribution is -2.39. The quantitative estimate of drug-likeness (QED) is 0.682. The zero-order valence-corrected chi connectivity index (χ0v) is 15.8. The normalized spacial score (nSPS) is 14.9. The van der Waals surface area contributed by atoms with E-state index in [-0.39, 0.29) is 18.0 Å². The monoisotopic (exact) mass is 378 g/mol. The van der Waals surface area contributed by atoms with Crippen molar-refractivity contribution in [3.63, 3.8) is 0 Å². The number of rotatable bonds is 3. The maximum absolute atomic E-state index is 12.8. The number of amides is 1. The van der Waals surface area contributed by atoms with Gasteiger partial charge in [-0.3, -0.25) is 14.2 Å². The van der Waals surface area contributed by atoms with Crippen LogP contribution in [0.4, 0.5) is 5.82 Å². The van der Waals surface area contributed by atoms with E-state index >= 15 is 0 Å². The lowest BCUT2D eigenvalue weighted by molar-refractivity contribution is -0.131. The van der Waals surface area contributed by atoms with Gasteiger partial charge >= 0.3 is 0 Å². The molecule has 1 aromatic carbocycles. The molecular weight excluding hydrogens is 356 g/mol. The van der Waals surface area contributed by atoms with Crippen LogP contribution in [0.15, 0.2) is 47.5 Å². The lowest BCUT2D eigenvalue weighted by atomic mass is 10.2. The average molecular weight is 378 g/mol. The molecule has 8 nitrogen and oxygen atoms in total. The number of para-hydroxylation sites is 1. The lowest BCUT2D eigenvalue weighted by Gasteiger charge is -2.22. The third kappa shape index (κ3) is 3.71. The highest BCUT2D eigenvalue weighted by Gasteiger charge is 2.21. The molecule has 1 amide bonds. The summed E-state index contributed by atoms with van der Waals surface area (Å²) in [5.74, 6) is 0.755. The molecule has 0 bridgehead atoms. The van der Waals surface area contributed by atoms with Crippen LogP contribution in [-0.4, -0.2) is 56.7 Å². The molecule has 144 valence electrons. The second-order valence-electron chi connectivity index (χ2n) is 6.95. The third-order valence-electron chi connectivity index (χ3n) is 4.99. The van der Waals surface area contributed by atoms with E-state index in [1.165, 1.54) is 10.9 Å². The Hall–Kier alpha value is -3.29. The van der Waals surface area contributed by atoms with Crippen molar-refractivity contribution >= 4 is 22.6 Å². The second-order valence-corrected chi connectivity index (χ2v) is 6.95. The minimum Gasteiger partial charge on any atom is -0.353 e. The van der Waals surface area contributed by atoms with E-state index in [0.29, 0.717) is 30.5 Å². The molecule has 0 spiro atoms. The van der Waals surface area contributed by atoms with E-state index < -0.39 is 0 Å². The van der Waals surface area contributed by atoms with Crippen molar-refractivity contribution in [3.05, 3.63) is 58.8 Å². The Morgan fingerprint density at radius 3 is 2.71 bits per heavy atom. The van der Waals surface area contributed by atoms with Gasteiger partial charge in [0.15, 0.2) is 5.82 Å². The van der Waals surface area contributed by atoms with Gasteiger partial charge in [-0.25, -0.2) is 4.98 Å². The molecule has 0 radical (unpaired) electrons. The molecule has 0 atom stereocenters. The van der Waals surface area contributed by atoms with Crippen molar-refractivity contribution in [3.8, 4) is 0 Å². The van der Waals surface area contributed by atoms with E-state index in [4.69, 9.17) is 0 Å². The van der Waals surface area contributed by atoms with Crippen LogP contribution in [0.25, 0.3) is 10.9 Å². The molecule has 3 heterocycles. The molecule has 1 aliphatic heterocycles. The summed E-state index contributed by atoms with van der Waals surface area (Å²) in [7, 11) is 0. The molecule has 1 fully saturated rings. The van der Waals surface area contributed by atoms with Crippen LogP contribution in [0.2, 0.25) is 0 Å². The highest BCUT2D eigenvalue weighted by Crippen LogP contribution is 2.13. The number of carbonyl (C=O) groups is 1. The van der Waals surface area contributed by atoms with E-state index in [1.807, 2.05) is 30.0 Å². The standard InChI is InChI=1S/C20H22N6O2/c1-15-7-8-18(23-22-15)24-9-4-10-25(12-11-24)19(27)13-26-14-21-17-6-3-2-5-16(17)20(26)28/h2-3,5-8,14H,4,9-13H2,1H3. The van der Waals surface area contributed by atoms with Gasteiger partial charge in [0.05, 0.1) is 22.9 Å². The van der Waals surface area contributed by atoms with Crippen molar-refractivity contribution in [1.29, 1.82) is 0 Å². The van der Waals surface area contributed by atoms with Gasteiger partial charge in [-0.05, 0) is 37.6 Å². The van der Waals surface area contributed by atoms with E-state index in [0.717, 1.165) is 24.5 Å². The van der Waals surface area contributed by atoms with Crippen LogP contribution in [0, 0.1) is 6.92 Å². The Labute approximate surface area is 162 Å². The Bertz CT molecular complexity index is 1050. The van der Waals surface area contributed by atoms with Crippen molar-refractivity contribution in [1.82, 2.24) is 24.6 Å². The van der Waals surface area contributed by atoms with Gasteiger partial charge in [0.1, 0.15) is 6.54 Å². The number of benzene rings is 1. The number of anilines is 1. The molecule has 2 aromatic heterocycles. The van der Waals surface area contributed by atoms with Gasteiger partial charge in [-0.1, -0.05) is 12.1 Å². The van der Waals surface area contributed by atoms with Gasteiger partial charge in [0.2, 0.25) is 5.91 Å². The molecule has 3 aromatic rings. The third-order valence-corrected chi connectivity index (χ3v) is 4.99. The highest BCUT2D eigenvalue weighted by atomic mass is 16.2. The topological polar surface area (TPSA) is 84.2 Å². The fourth-order valence-corrected chi connectivity index (χ4v) is 3.42. The fourth-order valence-electron chi connectivity index (χ4n) is 3.42. The zero-order chi connectivity index (χ0) is 19.5. The highest BCUT2D eigenvalue weighted by molar-refractivity contribution is 5.79. The number of aryl methyl sites for hydroxylation is 1. The zero-order valence-electron chi connectivity index (χ0n) is 15.8. The summed E-state index contributed by atoms with van der Waals surface area (Å²) >= 11 is 0. The van der Waals surface area contributed by atoms with Gasteiger partial charge in [0.25, 0.3) is 5.56 Å².